The van der Waals surface area contributed by atoms with Crippen LogP contribution in [0.1, 0.15) is 6.92 Å². The van der Waals surface area contributed by atoms with Crippen molar-refractivity contribution in [3.05, 3.63) is 24.5 Å². The van der Waals surface area contributed by atoms with Crippen molar-refractivity contribution in [2.24, 2.45) is 0 Å². The van der Waals surface area contributed by atoms with Crippen molar-refractivity contribution >= 4 is 5.69 Å². The maximum absolute atomic E-state index is 9.08. The molecule has 1 aliphatic rings. The van der Waals surface area contributed by atoms with E-state index in [1.54, 1.807) is 12.4 Å². The standard InChI is InChI=1S/C11H16N2O2/c1-9-8-15-11(7-14)6-13(9)10-2-4-12-5-3-10/h2-5,9,11,14H,6-8H2,1H3. The first kappa shape index (κ1) is 10.4. The van der Waals surface area contributed by atoms with Gasteiger partial charge in [0.05, 0.1) is 19.3 Å². The number of anilines is 1. The highest BCUT2D eigenvalue weighted by molar-refractivity contribution is 5.46. The fourth-order valence-electron chi connectivity index (χ4n) is 1.82. The lowest BCUT2D eigenvalue weighted by Crippen LogP contribution is -2.49. The number of nitrogens with zero attached hydrogens (tertiary/aromatic N) is 2. The van der Waals surface area contributed by atoms with Crippen molar-refractivity contribution in [2.75, 3.05) is 24.7 Å². The Morgan fingerprint density at radius 2 is 2.27 bits per heavy atom. The fraction of sp³-hybridized carbons (Fsp3) is 0.545. The van der Waals surface area contributed by atoms with E-state index in [9.17, 15) is 0 Å². The Labute approximate surface area is 89.5 Å². The van der Waals surface area contributed by atoms with Gasteiger partial charge >= 0.3 is 0 Å². The molecule has 2 rings (SSSR count). The first-order valence-corrected chi connectivity index (χ1v) is 5.20. The molecule has 1 fully saturated rings. The van der Waals surface area contributed by atoms with E-state index in [1.807, 2.05) is 12.1 Å². The number of hydrogen-bond donors (Lipinski definition) is 1. The lowest BCUT2D eigenvalue weighted by Gasteiger charge is -2.39. The Bertz CT molecular complexity index is 305. The van der Waals surface area contributed by atoms with Crippen molar-refractivity contribution in [2.45, 2.75) is 19.1 Å². The molecule has 0 amide bonds. The van der Waals surface area contributed by atoms with E-state index in [0.717, 1.165) is 12.2 Å². The number of morpholine rings is 1. The van der Waals surface area contributed by atoms with Crippen LogP contribution in [0.25, 0.3) is 0 Å². The molecule has 2 atom stereocenters. The van der Waals surface area contributed by atoms with Crippen LogP contribution in [0, 0.1) is 0 Å². The Balaban J connectivity index is 2.13. The maximum Gasteiger partial charge on any atom is 0.0981 e. The molecular formula is C11H16N2O2. The lowest BCUT2D eigenvalue weighted by atomic mass is 10.2. The van der Waals surface area contributed by atoms with E-state index in [4.69, 9.17) is 9.84 Å². The number of pyridine rings is 1. The molecule has 0 bridgehead atoms. The summed E-state index contributed by atoms with van der Waals surface area (Å²) in [5.74, 6) is 0. The van der Waals surface area contributed by atoms with Crippen LogP contribution in [0.2, 0.25) is 0 Å². The van der Waals surface area contributed by atoms with Gasteiger partial charge in [-0.2, -0.15) is 0 Å². The van der Waals surface area contributed by atoms with Crippen molar-refractivity contribution in [1.29, 1.82) is 0 Å². The van der Waals surface area contributed by atoms with Crippen LogP contribution < -0.4 is 4.90 Å². The molecule has 0 radical (unpaired) electrons. The molecule has 2 heterocycles. The minimum Gasteiger partial charge on any atom is -0.394 e. The molecule has 4 nitrogen and oxygen atoms in total. The number of hydrogen-bond acceptors (Lipinski definition) is 4. The summed E-state index contributed by atoms with van der Waals surface area (Å²) in [6.45, 7) is 3.59. The monoisotopic (exact) mass is 208 g/mol. The van der Waals surface area contributed by atoms with Crippen molar-refractivity contribution < 1.29 is 9.84 Å². The van der Waals surface area contributed by atoms with Gasteiger partial charge in [0.1, 0.15) is 0 Å². The third kappa shape index (κ3) is 2.27. The molecule has 0 aromatic carbocycles. The molecule has 0 saturated carbocycles. The number of ether oxygens (including phenoxy) is 1. The van der Waals surface area contributed by atoms with Crippen molar-refractivity contribution in [3.8, 4) is 0 Å². The van der Waals surface area contributed by atoms with Gasteiger partial charge in [0, 0.05) is 30.7 Å². The molecule has 1 aromatic rings. The SMILES string of the molecule is CC1COC(CO)CN1c1ccncc1. The normalized spacial score (nSPS) is 26.7. The van der Waals surface area contributed by atoms with Gasteiger partial charge in [-0.3, -0.25) is 4.98 Å². The molecule has 1 saturated heterocycles. The molecule has 0 spiro atoms. The Morgan fingerprint density at radius 3 is 2.93 bits per heavy atom. The molecular weight excluding hydrogens is 192 g/mol. The summed E-state index contributed by atoms with van der Waals surface area (Å²) in [5.41, 5.74) is 1.14. The second-order valence-electron chi connectivity index (χ2n) is 3.84. The third-order valence-corrected chi connectivity index (χ3v) is 2.70. The summed E-state index contributed by atoms with van der Waals surface area (Å²) < 4.78 is 5.48. The molecule has 4 heteroatoms. The summed E-state index contributed by atoms with van der Waals surface area (Å²) in [4.78, 5) is 6.24. The highest BCUT2D eigenvalue weighted by atomic mass is 16.5. The second-order valence-corrected chi connectivity index (χ2v) is 3.84. The van der Waals surface area contributed by atoms with Gasteiger partial charge < -0.3 is 14.7 Å². The predicted molar refractivity (Wildman–Crippen MR) is 57.9 cm³/mol. The number of aliphatic hydroxyl groups excluding tert-OH is 1. The first-order valence-electron chi connectivity index (χ1n) is 5.20. The van der Waals surface area contributed by atoms with Crippen LogP contribution in [0.15, 0.2) is 24.5 Å². The van der Waals surface area contributed by atoms with Gasteiger partial charge in [-0.05, 0) is 19.1 Å². The largest absolute Gasteiger partial charge is 0.394 e. The molecule has 82 valence electrons. The minimum atomic E-state index is -0.0747. The highest BCUT2D eigenvalue weighted by Crippen LogP contribution is 2.20. The third-order valence-electron chi connectivity index (χ3n) is 2.70. The maximum atomic E-state index is 9.08. The van der Waals surface area contributed by atoms with Crippen LogP contribution in [0.3, 0.4) is 0 Å². The van der Waals surface area contributed by atoms with Crippen LogP contribution in [-0.4, -0.2) is 42.0 Å². The molecule has 1 aromatic heterocycles. The summed E-state index contributed by atoms with van der Waals surface area (Å²) in [6.07, 6.45) is 3.49. The zero-order valence-corrected chi connectivity index (χ0v) is 8.84. The summed E-state index contributed by atoms with van der Waals surface area (Å²) in [5, 5.41) is 9.08. The fourth-order valence-corrected chi connectivity index (χ4v) is 1.82. The smallest absolute Gasteiger partial charge is 0.0981 e. The molecule has 1 N–H and O–H groups in total. The molecule has 15 heavy (non-hydrogen) atoms. The van der Waals surface area contributed by atoms with Crippen molar-refractivity contribution in [3.63, 3.8) is 0 Å². The predicted octanol–water partition coefficient (Wildman–Crippen LogP) is 0.668. The summed E-state index contributed by atoms with van der Waals surface area (Å²) >= 11 is 0. The van der Waals surface area contributed by atoms with Gasteiger partial charge in [-0.25, -0.2) is 0 Å². The minimum absolute atomic E-state index is 0.0747. The van der Waals surface area contributed by atoms with Crippen LogP contribution in [0.5, 0.6) is 0 Å². The van der Waals surface area contributed by atoms with Crippen LogP contribution in [0.4, 0.5) is 5.69 Å². The van der Waals surface area contributed by atoms with E-state index < -0.39 is 0 Å². The summed E-state index contributed by atoms with van der Waals surface area (Å²) in [6, 6.07) is 4.31. The first-order chi connectivity index (χ1) is 7.31. The van der Waals surface area contributed by atoms with Crippen molar-refractivity contribution in [1.82, 2.24) is 4.98 Å². The number of rotatable bonds is 2. The molecule has 2 unspecified atom stereocenters. The average molecular weight is 208 g/mol. The Kier molecular flexibility index (Phi) is 3.18. The number of aromatic nitrogens is 1. The molecule has 0 aliphatic carbocycles. The Morgan fingerprint density at radius 1 is 1.53 bits per heavy atom. The molecule has 1 aliphatic heterocycles. The van der Waals surface area contributed by atoms with E-state index in [1.165, 1.54) is 0 Å². The van der Waals surface area contributed by atoms with Gasteiger partial charge in [0.15, 0.2) is 0 Å². The van der Waals surface area contributed by atoms with E-state index in [2.05, 4.69) is 16.8 Å². The zero-order valence-electron chi connectivity index (χ0n) is 8.84. The van der Waals surface area contributed by atoms with Crippen LogP contribution in [-0.2, 0) is 4.74 Å². The second kappa shape index (κ2) is 4.59. The summed E-state index contributed by atoms with van der Waals surface area (Å²) in [7, 11) is 0. The van der Waals surface area contributed by atoms with E-state index in [0.29, 0.717) is 12.6 Å². The van der Waals surface area contributed by atoms with Gasteiger partial charge in [0.2, 0.25) is 0 Å². The quantitative estimate of drug-likeness (QED) is 0.776. The van der Waals surface area contributed by atoms with Crippen LogP contribution >= 0.6 is 0 Å². The zero-order chi connectivity index (χ0) is 10.7. The lowest BCUT2D eigenvalue weighted by molar-refractivity contribution is -0.0103. The topological polar surface area (TPSA) is 45.6 Å². The average Bonchev–Trinajstić information content (AvgIpc) is 2.31. The highest BCUT2D eigenvalue weighted by Gasteiger charge is 2.25. The number of aliphatic hydroxyl groups is 1. The van der Waals surface area contributed by atoms with E-state index >= 15 is 0 Å². The van der Waals surface area contributed by atoms with Gasteiger partial charge in [0.25, 0.3) is 0 Å². The van der Waals surface area contributed by atoms with Gasteiger partial charge in [-0.15, -0.1) is 0 Å². The van der Waals surface area contributed by atoms with Gasteiger partial charge in [-0.1, -0.05) is 0 Å². The van der Waals surface area contributed by atoms with E-state index in [-0.39, 0.29) is 12.7 Å². The Hall–Kier alpha value is -1.13.